The minimum Gasteiger partial charge on any atom is -0.457 e. The summed E-state index contributed by atoms with van der Waals surface area (Å²) < 4.78 is 5.90. The van der Waals surface area contributed by atoms with E-state index in [9.17, 15) is 0 Å². The molecule has 2 aromatic carbocycles. The van der Waals surface area contributed by atoms with Gasteiger partial charge in [0, 0.05) is 0 Å². The fourth-order valence-electron chi connectivity index (χ4n) is 2.78. The normalized spacial score (nSPS) is 21.9. The molecule has 0 heterocycles. The predicted molar refractivity (Wildman–Crippen MR) is 83.7 cm³/mol. The Bertz CT molecular complexity index is 579. The maximum atomic E-state index is 6.57. The van der Waals surface area contributed by atoms with Gasteiger partial charge in [-0.05, 0) is 60.6 Å². The van der Waals surface area contributed by atoms with Gasteiger partial charge in [0.2, 0.25) is 0 Å². The molecule has 20 heavy (non-hydrogen) atoms. The largest absolute Gasteiger partial charge is 0.457 e. The summed E-state index contributed by atoms with van der Waals surface area (Å²) in [6.07, 6.45) is 3.38. The van der Waals surface area contributed by atoms with Crippen LogP contribution in [0.15, 0.2) is 48.5 Å². The molecule has 0 radical (unpaired) electrons. The maximum Gasteiger partial charge on any atom is 0.127 e. The van der Waals surface area contributed by atoms with Crippen LogP contribution in [0.1, 0.15) is 36.3 Å². The Morgan fingerprint density at radius 2 is 1.85 bits per heavy atom. The van der Waals surface area contributed by atoms with Crippen LogP contribution in [-0.2, 0) is 6.42 Å². The van der Waals surface area contributed by atoms with Gasteiger partial charge in [-0.15, -0.1) is 11.6 Å². The summed E-state index contributed by atoms with van der Waals surface area (Å²) in [5, 5.41) is 0.0989. The summed E-state index contributed by atoms with van der Waals surface area (Å²) in [4.78, 5) is 0. The smallest absolute Gasteiger partial charge is 0.127 e. The average Bonchev–Trinajstić information content (AvgIpc) is 2.59. The van der Waals surface area contributed by atoms with Crippen LogP contribution in [0.25, 0.3) is 0 Å². The lowest BCUT2D eigenvalue weighted by molar-refractivity contribution is 0.481. The molecule has 2 aromatic rings. The highest BCUT2D eigenvalue weighted by Gasteiger charge is 2.21. The van der Waals surface area contributed by atoms with Crippen LogP contribution < -0.4 is 4.74 Å². The first-order valence-corrected chi connectivity index (χ1v) is 7.66. The maximum absolute atomic E-state index is 6.57. The lowest BCUT2D eigenvalue weighted by Gasteiger charge is -2.14. The molecule has 1 nitrogen and oxygen atoms in total. The lowest BCUT2D eigenvalue weighted by Crippen LogP contribution is -1.96. The minimum absolute atomic E-state index is 0.0989. The van der Waals surface area contributed by atoms with E-state index in [0.29, 0.717) is 5.92 Å². The fourth-order valence-corrected chi connectivity index (χ4v) is 3.29. The summed E-state index contributed by atoms with van der Waals surface area (Å²) in [5.74, 6) is 2.42. The summed E-state index contributed by atoms with van der Waals surface area (Å²) in [5.41, 5.74) is 2.61. The molecule has 1 aliphatic carbocycles. The van der Waals surface area contributed by atoms with E-state index in [4.69, 9.17) is 16.3 Å². The van der Waals surface area contributed by atoms with Crippen LogP contribution in [0.3, 0.4) is 0 Å². The Morgan fingerprint density at radius 1 is 1.05 bits per heavy atom. The molecule has 0 bridgehead atoms. The molecule has 104 valence electrons. The fraction of sp³-hybridized carbons (Fsp3) is 0.333. The molecule has 2 heteroatoms. The van der Waals surface area contributed by atoms with Gasteiger partial charge in [0.1, 0.15) is 11.5 Å². The quantitative estimate of drug-likeness (QED) is 0.506. The molecule has 1 aliphatic rings. The van der Waals surface area contributed by atoms with Crippen molar-refractivity contribution in [2.24, 2.45) is 5.92 Å². The van der Waals surface area contributed by atoms with E-state index in [1.165, 1.54) is 17.5 Å². The molecule has 0 spiro atoms. The molecule has 2 unspecified atom stereocenters. The van der Waals surface area contributed by atoms with Crippen molar-refractivity contribution in [3.63, 3.8) is 0 Å². The number of aryl methyl sites for hydroxylation is 1. The van der Waals surface area contributed by atoms with Crippen LogP contribution in [-0.4, -0.2) is 0 Å². The van der Waals surface area contributed by atoms with Crippen LogP contribution in [0.5, 0.6) is 11.5 Å². The van der Waals surface area contributed by atoms with Crippen LogP contribution in [0, 0.1) is 5.92 Å². The van der Waals surface area contributed by atoms with E-state index in [1.54, 1.807) is 0 Å². The van der Waals surface area contributed by atoms with E-state index in [1.807, 2.05) is 36.4 Å². The summed E-state index contributed by atoms with van der Waals surface area (Å²) in [6, 6.07) is 16.2. The first-order chi connectivity index (χ1) is 9.72. The zero-order valence-electron chi connectivity index (χ0n) is 11.7. The third-order valence-corrected chi connectivity index (χ3v) is 4.36. The highest BCUT2D eigenvalue weighted by Crippen LogP contribution is 2.38. The number of alkyl halides is 1. The Kier molecular flexibility index (Phi) is 3.98. The van der Waals surface area contributed by atoms with Crippen molar-refractivity contribution in [1.29, 1.82) is 0 Å². The molecule has 0 fully saturated rings. The summed E-state index contributed by atoms with van der Waals surface area (Å²) >= 11 is 6.57. The van der Waals surface area contributed by atoms with E-state index < -0.39 is 0 Å². The number of para-hydroxylation sites is 1. The van der Waals surface area contributed by atoms with Crippen LogP contribution in [0.4, 0.5) is 0 Å². The van der Waals surface area contributed by atoms with Crippen LogP contribution in [0.2, 0.25) is 0 Å². The Hall–Kier alpha value is -1.47. The van der Waals surface area contributed by atoms with Crippen molar-refractivity contribution in [3.8, 4) is 11.5 Å². The first-order valence-electron chi connectivity index (χ1n) is 7.22. The van der Waals surface area contributed by atoms with Crippen molar-refractivity contribution in [2.75, 3.05) is 0 Å². The van der Waals surface area contributed by atoms with Gasteiger partial charge in [-0.25, -0.2) is 0 Å². The second-order valence-corrected chi connectivity index (χ2v) is 6.15. The SMILES string of the molecule is CC1CCc2ccc(Oc3ccccc3)cc2C(Cl)C1. The van der Waals surface area contributed by atoms with Crippen molar-refractivity contribution in [1.82, 2.24) is 0 Å². The van der Waals surface area contributed by atoms with Gasteiger partial charge in [-0.1, -0.05) is 31.2 Å². The Morgan fingerprint density at radius 3 is 2.65 bits per heavy atom. The number of benzene rings is 2. The lowest BCUT2D eigenvalue weighted by atomic mass is 10.0. The van der Waals surface area contributed by atoms with Crippen molar-refractivity contribution in [2.45, 2.75) is 31.6 Å². The van der Waals surface area contributed by atoms with E-state index in [0.717, 1.165) is 24.3 Å². The topological polar surface area (TPSA) is 9.23 Å². The van der Waals surface area contributed by atoms with Gasteiger partial charge < -0.3 is 4.74 Å². The second-order valence-electron chi connectivity index (χ2n) is 5.62. The molecule has 0 amide bonds. The van der Waals surface area contributed by atoms with Crippen LogP contribution >= 0.6 is 11.6 Å². The molecular weight excluding hydrogens is 268 g/mol. The summed E-state index contributed by atoms with van der Waals surface area (Å²) in [6.45, 7) is 2.28. The third kappa shape index (κ3) is 2.99. The van der Waals surface area contributed by atoms with Crippen molar-refractivity contribution in [3.05, 3.63) is 59.7 Å². The number of fused-ring (bicyclic) bond motifs is 1. The first kappa shape index (κ1) is 13.5. The summed E-state index contributed by atoms with van der Waals surface area (Å²) in [7, 11) is 0. The molecule has 2 atom stereocenters. The van der Waals surface area contributed by atoms with E-state index in [2.05, 4.69) is 19.1 Å². The highest BCUT2D eigenvalue weighted by molar-refractivity contribution is 6.21. The number of hydrogen-bond acceptors (Lipinski definition) is 1. The van der Waals surface area contributed by atoms with E-state index in [-0.39, 0.29) is 5.38 Å². The van der Waals surface area contributed by atoms with Gasteiger partial charge in [0.05, 0.1) is 5.38 Å². The highest BCUT2D eigenvalue weighted by atomic mass is 35.5. The average molecular weight is 287 g/mol. The molecule has 0 saturated carbocycles. The van der Waals surface area contributed by atoms with Gasteiger partial charge in [0.15, 0.2) is 0 Å². The number of halogens is 1. The molecular formula is C18H19ClO. The Balaban J connectivity index is 1.87. The molecule has 0 saturated heterocycles. The van der Waals surface area contributed by atoms with Gasteiger partial charge >= 0.3 is 0 Å². The predicted octanol–water partition coefficient (Wildman–Crippen LogP) is 5.73. The van der Waals surface area contributed by atoms with E-state index >= 15 is 0 Å². The van der Waals surface area contributed by atoms with Crippen molar-refractivity contribution < 1.29 is 4.74 Å². The third-order valence-electron chi connectivity index (χ3n) is 3.95. The molecule has 3 rings (SSSR count). The number of rotatable bonds is 2. The standard InChI is InChI=1S/C18H19ClO/c1-13-7-8-14-9-10-16(12-17(14)18(19)11-13)20-15-5-3-2-4-6-15/h2-6,9-10,12-13,18H,7-8,11H2,1H3. The number of hydrogen-bond donors (Lipinski definition) is 0. The second kappa shape index (κ2) is 5.88. The Labute approximate surface area is 125 Å². The zero-order chi connectivity index (χ0) is 13.9. The minimum atomic E-state index is 0.0989. The van der Waals surface area contributed by atoms with Gasteiger partial charge in [-0.2, -0.15) is 0 Å². The monoisotopic (exact) mass is 286 g/mol. The van der Waals surface area contributed by atoms with Gasteiger partial charge in [-0.3, -0.25) is 0 Å². The van der Waals surface area contributed by atoms with Crippen molar-refractivity contribution >= 4 is 11.6 Å². The molecule has 0 aliphatic heterocycles. The van der Waals surface area contributed by atoms with Gasteiger partial charge in [0.25, 0.3) is 0 Å². The molecule has 0 aromatic heterocycles. The zero-order valence-corrected chi connectivity index (χ0v) is 12.4. The molecule has 0 N–H and O–H groups in total. The number of ether oxygens (including phenoxy) is 1.